The molecule has 1 heterocycles. The van der Waals surface area contributed by atoms with Crippen molar-refractivity contribution in [3.63, 3.8) is 0 Å². The summed E-state index contributed by atoms with van der Waals surface area (Å²) in [6, 6.07) is 0. The van der Waals surface area contributed by atoms with Gasteiger partial charge in [-0.2, -0.15) is 5.10 Å². The summed E-state index contributed by atoms with van der Waals surface area (Å²) in [5.74, 6) is 1.65. The van der Waals surface area contributed by atoms with Gasteiger partial charge in [-0.25, -0.2) is 4.68 Å². The normalized spacial score (nSPS) is 21.9. The molecule has 0 N–H and O–H groups in total. The molecule has 6 heteroatoms. The number of rotatable bonds is 6. The van der Waals surface area contributed by atoms with E-state index in [1.54, 1.807) is 18.0 Å². The van der Waals surface area contributed by atoms with Crippen LogP contribution in [-0.2, 0) is 10.3 Å². The summed E-state index contributed by atoms with van der Waals surface area (Å²) in [5.41, 5.74) is -0.563. The summed E-state index contributed by atoms with van der Waals surface area (Å²) < 4.78 is 7.30. The molecule has 1 aliphatic carbocycles. The molecular formula is C18H29ClN2O2S. The monoisotopic (exact) mass is 372 g/mol. The Bertz CT molecular complexity index is 590. The first-order valence-corrected chi connectivity index (χ1v) is 10.2. The Morgan fingerprint density at radius 3 is 2.58 bits per heavy atom. The van der Waals surface area contributed by atoms with Crippen molar-refractivity contribution in [2.45, 2.75) is 76.3 Å². The Morgan fingerprint density at radius 1 is 1.33 bits per heavy atom. The maximum absolute atomic E-state index is 12.4. The second-order valence-corrected chi connectivity index (χ2v) is 8.97. The largest absolute Gasteiger partial charge is 0.378 e. The summed E-state index contributed by atoms with van der Waals surface area (Å²) >= 11 is 7.95. The number of halogens is 1. The van der Waals surface area contributed by atoms with Gasteiger partial charge in [0.15, 0.2) is 0 Å². The smallest absolute Gasteiger partial charge is 0.287 e. The predicted octanol–water partition coefficient (Wildman–Crippen LogP) is 4.73. The van der Waals surface area contributed by atoms with Gasteiger partial charge >= 0.3 is 0 Å². The average Bonchev–Trinajstić information content (AvgIpc) is 2.54. The number of aromatic nitrogens is 2. The fourth-order valence-electron chi connectivity index (χ4n) is 2.95. The highest BCUT2D eigenvalue weighted by atomic mass is 35.5. The van der Waals surface area contributed by atoms with Crippen LogP contribution in [0.15, 0.2) is 15.9 Å². The van der Waals surface area contributed by atoms with Crippen LogP contribution in [0.3, 0.4) is 0 Å². The quantitative estimate of drug-likeness (QED) is 0.677. The van der Waals surface area contributed by atoms with E-state index in [9.17, 15) is 4.79 Å². The molecule has 1 saturated carbocycles. The van der Waals surface area contributed by atoms with Gasteiger partial charge in [0, 0.05) is 12.4 Å². The number of nitrogens with zero attached hydrogens (tertiary/aromatic N) is 2. The molecule has 1 aliphatic rings. The molecule has 0 unspecified atom stereocenters. The van der Waals surface area contributed by atoms with E-state index < -0.39 is 0 Å². The van der Waals surface area contributed by atoms with Crippen LogP contribution >= 0.6 is 23.4 Å². The molecule has 1 fully saturated rings. The van der Waals surface area contributed by atoms with E-state index in [0.717, 1.165) is 36.5 Å². The molecule has 0 atom stereocenters. The highest BCUT2D eigenvalue weighted by molar-refractivity contribution is 7.99. The van der Waals surface area contributed by atoms with Gasteiger partial charge in [-0.15, -0.1) is 11.8 Å². The molecule has 0 bridgehead atoms. The van der Waals surface area contributed by atoms with Crippen molar-refractivity contribution >= 4 is 23.4 Å². The molecule has 136 valence electrons. The molecular weight excluding hydrogens is 344 g/mol. The molecule has 1 aromatic rings. The van der Waals surface area contributed by atoms with Crippen molar-refractivity contribution in [1.82, 2.24) is 9.78 Å². The van der Waals surface area contributed by atoms with Crippen molar-refractivity contribution in [2.75, 3.05) is 12.4 Å². The summed E-state index contributed by atoms with van der Waals surface area (Å²) in [4.78, 5) is 13.2. The first kappa shape index (κ1) is 19.8. The summed E-state index contributed by atoms with van der Waals surface area (Å²) in [6.45, 7) is 8.86. The van der Waals surface area contributed by atoms with Crippen molar-refractivity contribution in [2.24, 2.45) is 5.92 Å². The lowest BCUT2D eigenvalue weighted by Crippen LogP contribution is -2.36. The van der Waals surface area contributed by atoms with Crippen LogP contribution in [0.4, 0.5) is 0 Å². The van der Waals surface area contributed by atoms with Gasteiger partial charge in [0.1, 0.15) is 5.02 Å². The Labute approximate surface area is 154 Å². The zero-order valence-electron chi connectivity index (χ0n) is 15.2. The number of hydrogen-bond donors (Lipinski definition) is 0. The SMILES string of the molecule is CCCOC1CCC(CSc2cnn(C(C)(C)C)c(=O)c2Cl)CC1. The van der Waals surface area contributed by atoms with Crippen molar-refractivity contribution in [3.05, 3.63) is 21.6 Å². The molecule has 0 aliphatic heterocycles. The van der Waals surface area contributed by atoms with Crippen LogP contribution in [0, 0.1) is 5.92 Å². The molecule has 0 saturated heterocycles. The van der Waals surface area contributed by atoms with E-state index in [4.69, 9.17) is 16.3 Å². The van der Waals surface area contributed by atoms with Crippen LogP contribution in [0.1, 0.15) is 59.8 Å². The van der Waals surface area contributed by atoms with Gasteiger partial charge in [-0.05, 0) is 58.8 Å². The highest BCUT2D eigenvalue weighted by Crippen LogP contribution is 2.33. The maximum Gasteiger partial charge on any atom is 0.287 e. The molecule has 1 aromatic heterocycles. The lowest BCUT2D eigenvalue weighted by atomic mass is 9.89. The zero-order chi connectivity index (χ0) is 17.7. The van der Waals surface area contributed by atoms with Crippen LogP contribution in [-0.4, -0.2) is 28.2 Å². The maximum atomic E-state index is 12.4. The second-order valence-electron chi connectivity index (χ2n) is 7.54. The van der Waals surface area contributed by atoms with Crippen molar-refractivity contribution in [3.8, 4) is 0 Å². The number of hydrogen-bond acceptors (Lipinski definition) is 4. The van der Waals surface area contributed by atoms with Crippen molar-refractivity contribution < 1.29 is 4.74 Å². The van der Waals surface area contributed by atoms with Gasteiger partial charge in [-0.3, -0.25) is 4.79 Å². The summed E-state index contributed by atoms with van der Waals surface area (Å²) in [5, 5.41) is 4.59. The Balaban J connectivity index is 1.90. The lowest BCUT2D eigenvalue weighted by molar-refractivity contribution is 0.0207. The van der Waals surface area contributed by atoms with Gasteiger partial charge in [-0.1, -0.05) is 18.5 Å². The highest BCUT2D eigenvalue weighted by Gasteiger charge is 2.23. The Kier molecular flexibility index (Phi) is 7.20. The van der Waals surface area contributed by atoms with E-state index in [0.29, 0.717) is 17.0 Å². The topological polar surface area (TPSA) is 44.1 Å². The third-order valence-corrected chi connectivity index (χ3v) is 6.08. The Hall–Kier alpha value is -0.520. The molecule has 0 aromatic carbocycles. The van der Waals surface area contributed by atoms with Gasteiger partial charge in [0.2, 0.25) is 0 Å². The Morgan fingerprint density at radius 2 is 2.00 bits per heavy atom. The van der Waals surface area contributed by atoms with Crippen molar-refractivity contribution in [1.29, 1.82) is 0 Å². The van der Waals surface area contributed by atoms with Crippen LogP contribution in [0.2, 0.25) is 5.02 Å². The number of thioether (sulfide) groups is 1. The van der Waals surface area contributed by atoms with Crippen LogP contribution in [0.5, 0.6) is 0 Å². The van der Waals surface area contributed by atoms with Crippen LogP contribution < -0.4 is 5.56 Å². The van der Waals surface area contributed by atoms with E-state index in [2.05, 4.69) is 12.0 Å². The standard InChI is InChI=1S/C18H29ClN2O2S/c1-5-10-23-14-8-6-13(7-9-14)12-24-15-11-20-21(18(2,3)4)17(22)16(15)19/h11,13-14H,5-10,12H2,1-4H3. The predicted molar refractivity (Wildman–Crippen MR) is 101 cm³/mol. The fraction of sp³-hybridized carbons (Fsp3) is 0.778. The molecule has 0 radical (unpaired) electrons. The second kappa shape index (κ2) is 8.72. The summed E-state index contributed by atoms with van der Waals surface area (Å²) in [6.07, 6.45) is 7.91. The molecule has 24 heavy (non-hydrogen) atoms. The molecule has 2 rings (SSSR count). The van der Waals surface area contributed by atoms with E-state index in [1.807, 2.05) is 20.8 Å². The van der Waals surface area contributed by atoms with Gasteiger partial charge < -0.3 is 4.74 Å². The first-order valence-electron chi connectivity index (χ1n) is 8.85. The summed E-state index contributed by atoms with van der Waals surface area (Å²) in [7, 11) is 0. The fourth-order valence-corrected chi connectivity index (χ4v) is 4.33. The molecule has 0 amide bonds. The minimum absolute atomic E-state index is 0.203. The van der Waals surface area contributed by atoms with Gasteiger partial charge in [0.25, 0.3) is 5.56 Å². The molecule has 4 nitrogen and oxygen atoms in total. The average molecular weight is 373 g/mol. The number of ether oxygens (including phenoxy) is 1. The molecule has 0 spiro atoms. The van der Waals surface area contributed by atoms with Crippen LogP contribution in [0.25, 0.3) is 0 Å². The van der Waals surface area contributed by atoms with E-state index >= 15 is 0 Å². The zero-order valence-corrected chi connectivity index (χ0v) is 16.8. The van der Waals surface area contributed by atoms with Gasteiger partial charge in [0.05, 0.1) is 22.7 Å². The minimum atomic E-state index is -0.360. The first-order chi connectivity index (χ1) is 11.3. The van der Waals surface area contributed by atoms with E-state index in [-0.39, 0.29) is 11.1 Å². The lowest BCUT2D eigenvalue weighted by Gasteiger charge is -2.28. The van der Waals surface area contributed by atoms with E-state index in [1.165, 1.54) is 17.5 Å². The third-order valence-electron chi connectivity index (χ3n) is 4.35. The minimum Gasteiger partial charge on any atom is -0.378 e. The third kappa shape index (κ3) is 5.24.